The number of hydrogen-bond acceptors (Lipinski definition) is 5. The highest BCUT2D eigenvalue weighted by atomic mass is 16.5. The van der Waals surface area contributed by atoms with Crippen molar-refractivity contribution < 1.29 is 14.1 Å². The number of carbonyl (C=O) groups excluding carboxylic acids is 1. The van der Waals surface area contributed by atoms with Crippen LogP contribution in [-0.2, 0) is 11.2 Å². The molecule has 1 N–H and O–H groups in total. The van der Waals surface area contributed by atoms with Gasteiger partial charge >= 0.3 is 6.03 Å². The Morgan fingerprint density at radius 2 is 2.00 bits per heavy atom. The Morgan fingerprint density at radius 3 is 2.77 bits per heavy atom. The van der Waals surface area contributed by atoms with Gasteiger partial charge in [0.2, 0.25) is 11.7 Å². The van der Waals surface area contributed by atoms with Crippen molar-refractivity contribution in [3.63, 3.8) is 0 Å². The van der Waals surface area contributed by atoms with Gasteiger partial charge in [-0.2, -0.15) is 4.98 Å². The van der Waals surface area contributed by atoms with Crippen LogP contribution in [0.25, 0.3) is 11.4 Å². The van der Waals surface area contributed by atoms with Crippen LogP contribution in [-0.4, -0.2) is 53.9 Å². The van der Waals surface area contributed by atoms with Crippen molar-refractivity contribution in [1.82, 2.24) is 20.4 Å². The van der Waals surface area contributed by atoms with Crippen LogP contribution in [0.1, 0.15) is 5.89 Å². The lowest BCUT2D eigenvalue weighted by molar-refractivity contribution is 0.0532. The van der Waals surface area contributed by atoms with Gasteiger partial charge in [-0.15, -0.1) is 0 Å². The Labute approximate surface area is 128 Å². The molecule has 0 atom stereocenters. The molecule has 1 aliphatic rings. The van der Waals surface area contributed by atoms with Crippen molar-refractivity contribution in [2.45, 2.75) is 6.42 Å². The molecule has 1 fully saturated rings. The fourth-order valence-corrected chi connectivity index (χ4v) is 2.22. The molecular formula is C15H18N4O3. The fraction of sp³-hybridized carbons (Fsp3) is 0.400. The summed E-state index contributed by atoms with van der Waals surface area (Å²) in [6.45, 7) is 2.91. The number of morpholine rings is 1. The maximum atomic E-state index is 11.9. The van der Waals surface area contributed by atoms with E-state index in [4.69, 9.17) is 9.26 Å². The number of nitrogens with one attached hydrogen (secondary N) is 1. The third-order valence-corrected chi connectivity index (χ3v) is 3.41. The number of rotatable bonds is 4. The van der Waals surface area contributed by atoms with Crippen molar-refractivity contribution in [3.05, 3.63) is 36.2 Å². The van der Waals surface area contributed by atoms with Gasteiger partial charge in [0.05, 0.1) is 13.2 Å². The minimum Gasteiger partial charge on any atom is -0.378 e. The minimum atomic E-state index is -0.0777. The second kappa shape index (κ2) is 7.04. The van der Waals surface area contributed by atoms with E-state index in [-0.39, 0.29) is 6.03 Å². The van der Waals surface area contributed by atoms with Crippen LogP contribution in [0.3, 0.4) is 0 Å². The molecule has 7 heteroatoms. The van der Waals surface area contributed by atoms with Crippen molar-refractivity contribution >= 4 is 6.03 Å². The molecule has 1 saturated heterocycles. The van der Waals surface area contributed by atoms with Gasteiger partial charge in [-0.3, -0.25) is 0 Å². The third kappa shape index (κ3) is 3.62. The number of ether oxygens (including phenoxy) is 1. The Bertz CT molecular complexity index is 608. The first-order valence-corrected chi connectivity index (χ1v) is 7.31. The normalized spacial score (nSPS) is 14.8. The van der Waals surface area contributed by atoms with Crippen LogP contribution < -0.4 is 5.32 Å². The average molecular weight is 302 g/mol. The summed E-state index contributed by atoms with van der Waals surface area (Å²) in [4.78, 5) is 18.0. The Morgan fingerprint density at radius 1 is 1.23 bits per heavy atom. The molecule has 2 aromatic rings. The van der Waals surface area contributed by atoms with Crippen molar-refractivity contribution in [3.8, 4) is 11.4 Å². The van der Waals surface area contributed by atoms with Gasteiger partial charge in [0.1, 0.15) is 0 Å². The molecular weight excluding hydrogens is 284 g/mol. The SMILES string of the molecule is O=C(NCCc1nc(-c2ccccc2)no1)N1CCOCC1. The van der Waals surface area contributed by atoms with Gasteiger partial charge in [0, 0.05) is 31.6 Å². The predicted molar refractivity (Wildman–Crippen MR) is 79.2 cm³/mol. The zero-order valence-electron chi connectivity index (χ0n) is 12.2. The second-order valence-electron chi connectivity index (χ2n) is 4.96. The number of hydrogen-bond donors (Lipinski definition) is 1. The number of benzene rings is 1. The van der Waals surface area contributed by atoms with E-state index in [2.05, 4.69) is 15.5 Å². The molecule has 3 rings (SSSR count). The molecule has 2 amide bonds. The largest absolute Gasteiger partial charge is 0.378 e. The van der Waals surface area contributed by atoms with E-state index in [9.17, 15) is 4.79 Å². The fourth-order valence-electron chi connectivity index (χ4n) is 2.22. The highest BCUT2D eigenvalue weighted by molar-refractivity contribution is 5.74. The lowest BCUT2D eigenvalue weighted by Gasteiger charge is -2.26. The molecule has 0 spiro atoms. The van der Waals surface area contributed by atoms with Crippen LogP contribution in [0.15, 0.2) is 34.9 Å². The summed E-state index contributed by atoms with van der Waals surface area (Å²) in [5.74, 6) is 1.08. The van der Waals surface area contributed by atoms with Gasteiger partial charge in [-0.25, -0.2) is 4.79 Å². The molecule has 1 aromatic heterocycles. The van der Waals surface area contributed by atoms with E-state index in [0.29, 0.717) is 51.0 Å². The molecule has 1 aliphatic heterocycles. The summed E-state index contributed by atoms with van der Waals surface area (Å²) in [6.07, 6.45) is 0.510. The van der Waals surface area contributed by atoms with Crippen molar-refractivity contribution in [2.24, 2.45) is 0 Å². The summed E-state index contributed by atoms with van der Waals surface area (Å²) in [5.41, 5.74) is 0.912. The summed E-state index contributed by atoms with van der Waals surface area (Å²) < 4.78 is 10.4. The zero-order chi connectivity index (χ0) is 15.2. The van der Waals surface area contributed by atoms with Crippen molar-refractivity contribution in [1.29, 1.82) is 0 Å². The summed E-state index contributed by atoms with van der Waals surface area (Å²) in [5, 5.41) is 6.80. The van der Waals surface area contributed by atoms with Gasteiger partial charge < -0.3 is 19.5 Å². The number of carbonyl (C=O) groups is 1. The first-order valence-electron chi connectivity index (χ1n) is 7.31. The average Bonchev–Trinajstić information content (AvgIpc) is 3.05. The number of urea groups is 1. The maximum Gasteiger partial charge on any atom is 0.317 e. The first kappa shape index (κ1) is 14.5. The Balaban J connectivity index is 1.48. The van der Waals surface area contributed by atoms with Crippen LogP contribution >= 0.6 is 0 Å². The Hall–Kier alpha value is -2.41. The molecule has 22 heavy (non-hydrogen) atoms. The third-order valence-electron chi connectivity index (χ3n) is 3.41. The lowest BCUT2D eigenvalue weighted by Crippen LogP contribution is -2.46. The van der Waals surface area contributed by atoms with Gasteiger partial charge in [0.15, 0.2) is 0 Å². The molecule has 0 saturated carbocycles. The van der Waals surface area contributed by atoms with E-state index in [1.807, 2.05) is 30.3 Å². The maximum absolute atomic E-state index is 11.9. The van der Waals surface area contributed by atoms with Gasteiger partial charge in [-0.05, 0) is 0 Å². The summed E-state index contributed by atoms with van der Waals surface area (Å²) >= 11 is 0. The molecule has 0 radical (unpaired) electrons. The lowest BCUT2D eigenvalue weighted by atomic mass is 10.2. The summed E-state index contributed by atoms with van der Waals surface area (Å²) in [6, 6.07) is 9.56. The van der Waals surface area contributed by atoms with E-state index >= 15 is 0 Å². The van der Waals surface area contributed by atoms with Crippen LogP contribution in [0.2, 0.25) is 0 Å². The highest BCUT2D eigenvalue weighted by Crippen LogP contribution is 2.14. The smallest absolute Gasteiger partial charge is 0.317 e. The number of aromatic nitrogens is 2. The van der Waals surface area contributed by atoms with Crippen LogP contribution in [0, 0.1) is 0 Å². The standard InChI is InChI=1S/C15H18N4O3/c20-15(19-8-10-21-11-9-19)16-7-6-13-17-14(18-22-13)12-4-2-1-3-5-12/h1-5H,6-11H2,(H,16,20). The van der Waals surface area contributed by atoms with E-state index in [1.165, 1.54) is 0 Å². The van der Waals surface area contributed by atoms with Gasteiger partial charge in [0.25, 0.3) is 0 Å². The van der Waals surface area contributed by atoms with Crippen LogP contribution in [0.5, 0.6) is 0 Å². The second-order valence-corrected chi connectivity index (χ2v) is 4.96. The molecule has 7 nitrogen and oxygen atoms in total. The molecule has 0 bridgehead atoms. The molecule has 2 heterocycles. The molecule has 1 aromatic carbocycles. The topological polar surface area (TPSA) is 80.5 Å². The van der Waals surface area contributed by atoms with E-state index in [1.54, 1.807) is 4.90 Å². The molecule has 116 valence electrons. The van der Waals surface area contributed by atoms with Crippen molar-refractivity contribution in [2.75, 3.05) is 32.8 Å². The van der Waals surface area contributed by atoms with E-state index in [0.717, 1.165) is 5.56 Å². The Kier molecular flexibility index (Phi) is 4.65. The van der Waals surface area contributed by atoms with Gasteiger partial charge in [-0.1, -0.05) is 35.5 Å². The summed E-state index contributed by atoms with van der Waals surface area (Å²) in [7, 11) is 0. The monoisotopic (exact) mass is 302 g/mol. The highest BCUT2D eigenvalue weighted by Gasteiger charge is 2.16. The zero-order valence-corrected chi connectivity index (χ0v) is 12.2. The quantitative estimate of drug-likeness (QED) is 0.921. The number of nitrogens with zero attached hydrogens (tertiary/aromatic N) is 3. The number of amides is 2. The molecule has 0 unspecified atom stereocenters. The van der Waals surface area contributed by atoms with Crippen LogP contribution in [0.4, 0.5) is 4.79 Å². The minimum absolute atomic E-state index is 0.0777. The predicted octanol–water partition coefficient (Wildman–Crippen LogP) is 1.32. The molecule has 0 aliphatic carbocycles. The van der Waals surface area contributed by atoms with E-state index < -0.39 is 0 Å². The first-order chi connectivity index (χ1) is 10.8.